The van der Waals surface area contributed by atoms with E-state index in [-0.39, 0.29) is 34.4 Å². The fourth-order valence-electron chi connectivity index (χ4n) is 5.38. The quantitative estimate of drug-likeness (QED) is 0.0937. The topological polar surface area (TPSA) is 134 Å². The number of anilines is 1. The predicted molar refractivity (Wildman–Crippen MR) is 173 cm³/mol. The van der Waals surface area contributed by atoms with Crippen molar-refractivity contribution in [3.63, 3.8) is 0 Å². The van der Waals surface area contributed by atoms with Crippen LogP contribution in [0.1, 0.15) is 51.9 Å². The molecule has 6 rings (SSSR count). The molecule has 3 aromatic carbocycles. The molecule has 1 amide bonds. The predicted octanol–water partition coefficient (Wildman–Crippen LogP) is 6.00. The molecule has 12 heteroatoms. The summed E-state index contributed by atoms with van der Waals surface area (Å²) < 4.78 is 28.5. The van der Waals surface area contributed by atoms with Gasteiger partial charge in [0.1, 0.15) is 30.5 Å². The van der Waals surface area contributed by atoms with Crippen molar-refractivity contribution in [3.05, 3.63) is 99.6 Å². The number of esters is 1. The van der Waals surface area contributed by atoms with Gasteiger partial charge in [0.15, 0.2) is 28.1 Å². The van der Waals surface area contributed by atoms with Gasteiger partial charge in [-0.05, 0) is 62.2 Å². The molecular formula is C35H32N2O9S. The summed E-state index contributed by atoms with van der Waals surface area (Å²) in [4.78, 5) is 46.2. The normalized spacial score (nSPS) is 16.7. The monoisotopic (exact) mass is 656 g/mol. The summed E-state index contributed by atoms with van der Waals surface area (Å²) in [5, 5.41) is 11.8. The highest BCUT2D eigenvalue weighted by atomic mass is 32.1. The maximum absolute atomic E-state index is 13.8. The number of aromatic nitrogens is 1. The molecule has 242 valence electrons. The number of hydrogen-bond donors (Lipinski definition) is 1. The maximum atomic E-state index is 13.8. The highest BCUT2D eigenvalue weighted by molar-refractivity contribution is 7.17. The number of aryl methyl sites for hydroxylation is 1. The van der Waals surface area contributed by atoms with Gasteiger partial charge in [0.2, 0.25) is 0 Å². The summed E-state index contributed by atoms with van der Waals surface area (Å²) in [6.45, 7) is 6.62. The molecule has 0 radical (unpaired) electrons. The molecule has 1 saturated heterocycles. The Morgan fingerprint density at radius 3 is 2.47 bits per heavy atom. The van der Waals surface area contributed by atoms with Gasteiger partial charge in [-0.1, -0.05) is 47.7 Å². The number of benzene rings is 3. The Kier molecular flexibility index (Phi) is 9.12. The number of hydrogen-bond acceptors (Lipinski definition) is 11. The second kappa shape index (κ2) is 13.6. The first-order chi connectivity index (χ1) is 22.8. The fourth-order valence-corrected chi connectivity index (χ4v) is 6.37. The Balaban J connectivity index is 1.47. The molecule has 0 bridgehead atoms. The van der Waals surface area contributed by atoms with Gasteiger partial charge in [0.25, 0.3) is 5.78 Å². The van der Waals surface area contributed by atoms with Gasteiger partial charge < -0.3 is 28.8 Å². The van der Waals surface area contributed by atoms with Crippen molar-refractivity contribution >= 4 is 39.9 Å². The fraction of sp³-hybridized carbons (Fsp3) is 0.257. The van der Waals surface area contributed by atoms with E-state index in [4.69, 9.17) is 23.7 Å². The number of amides is 1. The molecule has 2 aliphatic heterocycles. The van der Waals surface area contributed by atoms with Crippen LogP contribution in [-0.4, -0.2) is 54.2 Å². The van der Waals surface area contributed by atoms with Crippen molar-refractivity contribution < 1.29 is 43.2 Å². The molecule has 2 aliphatic rings. The van der Waals surface area contributed by atoms with Crippen LogP contribution in [0, 0.1) is 6.92 Å². The average Bonchev–Trinajstić information content (AvgIpc) is 3.60. The third-order valence-corrected chi connectivity index (χ3v) is 8.67. The van der Waals surface area contributed by atoms with Crippen molar-refractivity contribution in [2.75, 3.05) is 31.3 Å². The number of Topliss-reactive ketones (excluding diaryl/α,β-unsaturated/α-hetero) is 1. The number of fused-ring (bicyclic) bond motifs is 1. The van der Waals surface area contributed by atoms with Crippen molar-refractivity contribution in [1.82, 2.24) is 4.98 Å². The molecule has 4 aromatic rings. The van der Waals surface area contributed by atoms with E-state index in [0.29, 0.717) is 54.1 Å². The zero-order chi connectivity index (χ0) is 33.1. The second-order valence-electron chi connectivity index (χ2n) is 10.6. The third kappa shape index (κ3) is 6.24. The van der Waals surface area contributed by atoms with Crippen LogP contribution in [-0.2, 0) is 20.9 Å². The number of thiazole rings is 1. The van der Waals surface area contributed by atoms with E-state index in [1.807, 2.05) is 37.3 Å². The summed E-state index contributed by atoms with van der Waals surface area (Å²) in [7, 11) is 0. The third-order valence-electron chi connectivity index (χ3n) is 7.53. The van der Waals surface area contributed by atoms with E-state index < -0.39 is 29.5 Å². The number of aliphatic hydroxyl groups is 1. The van der Waals surface area contributed by atoms with E-state index in [0.717, 1.165) is 16.9 Å². The summed E-state index contributed by atoms with van der Waals surface area (Å²) >= 11 is 0.931. The van der Waals surface area contributed by atoms with Gasteiger partial charge in [0.05, 0.1) is 30.5 Å². The van der Waals surface area contributed by atoms with Crippen molar-refractivity contribution in [3.8, 4) is 23.0 Å². The van der Waals surface area contributed by atoms with Crippen molar-refractivity contribution in [2.24, 2.45) is 0 Å². The summed E-state index contributed by atoms with van der Waals surface area (Å²) in [5.41, 5.74) is 1.84. The molecule has 1 N–H and O–H groups in total. The Hall–Kier alpha value is -5.36. The molecule has 3 heterocycles. The number of carbonyl (C=O) groups excluding carboxylic acids is 3. The number of ether oxygens (including phenoxy) is 5. The molecule has 11 nitrogen and oxygen atoms in total. The molecule has 1 unspecified atom stereocenters. The number of ketones is 1. The molecule has 1 aromatic heterocycles. The first kappa shape index (κ1) is 31.6. The first-order valence-corrected chi connectivity index (χ1v) is 15.9. The van der Waals surface area contributed by atoms with Crippen molar-refractivity contribution in [2.45, 2.75) is 33.4 Å². The van der Waals surface area contributed by atoms with Gasteiger partial charge in [0, 0.05) is 5.56 Å². The molecular weight excluding hydrogens is 624 g/mol. The lowest BCUT2D eigenvalue weighted by Crippen LogP contribution is -2.29. The summed E-state index contributed by atoms with van der Waals surface area (Å²) in [6.07, 6.45) is 0. The van der Waals surface area contributed by atoms with Crippen LogP contribution in [0.15, 0.2) is 72.3 Å². The van der Waals surface area contributed by atoms with Crippen LogP contribution in [0.25, 0.3) is 5.76 Å². The lowest BCUT2D eigenvalue weighted by Gasteiger charge is -2.24. The highest BCUT2D eigenvalue weighted by Crippen LogP contribution is 2.46. The van der Waals surface area contributed by atoms with Gasteiger partial charge in [-0.25, -0.2) is 9.78 Å². The van der Waals surface area contributed by atoms with Crippen molar-refractivity contribution in [1.29, 1.82) is 0 Å². The summed E-state index contributed by atoms with van der Waals surface area (Å²) in [6, 6.07) is 18.4. The van der Waals surface area contributed by atoms with Gasteiger partial charge >= 0.3 is 11.9 Å². The van der Waals surface area contributed by atoms with Crippen LogP contribution in [0.4, 0.5) is 5.13 Å². The lowest BCUT2D eigenvalue weighted by atomic mass is 9.95. The smallest absolute Gasteiger partial charge is 0.350 e. The minimum Gasteiger partial charge on any atom is -0.507 e. The molecule has 1 fully saturated rings. The second-order valence-corrected chi connectivity index (χ2v) is 11.5. The Morgan fingerprint density at radius 2 is 1.72 bits per heavy atom. The Labute approximate surface area is 274 Å². The minimum absolute atomic E-state index is 0.0984. The largest absolute Gasteiger partial charge is 0.507 e. The Morgan fingerprint density at radius 1 is 0.957 bits per heavy atom. The van der Waals surface area contributed by atoms with Crippen LogP contribution in [0.5, 0.6) is 23.0 Å². The molecule has 1 atom stereocenters. The van der Waals surface area contributed by atoms with Crippen LogP contribution in [0.3, 0.4) is 0 Å². The van der Waals surface area contributed by atoms with E-state index in [1.54, 1.807) is 50.2 Å². The standard InChI is InChI=1S/C35H32N2O9S/c1-4-42-26-17-22(11-13-25(26)46-19-21-9-7-6-8-10-21)29-28(30(38)23-12-14-24-27(18-23)45-16-15-44-24)31(39)33(40)37(29)35-36-20(3)32(47-35)34(41)43-5-2/h6-14,17-18,29,38H,4-5,15-16,19H2,1-3H3. The van der Waals surface area contributed by atoms with Gasteiger partial charge in [-0.2, -0.15) is 0 Å². The molecule has 0 saturated carbocycles. The molecule has 0 aliphatic carbocycles. The van der Waals surface area contributed by atoms with Crippen LogP contribution < -0.4 is 23.8 Å². The van der Waals surface area contributed by atoms with Crippen LogP contribution in [0.2, 0.25) is 0 Å². The number of nitrogens with zero attached hydrogens (tertiary/aromatic N) is 2. The van der Waals surface area contributed by atoms with E-state index in [9.17, 15) is 19.5 Å². The average molecular weight is 657 g/mol. The molecule has 0 spiro atoms. The Bertz CT molecular complexity index is 1870. The zero-order valence-electron chi connectivity index (χ0n) is 26.0. The maximum Gasteiger partial charge on any atom is 0.350 e. The number of rotatable bonds is 10. The SMILES string of the molecule is CCOC(=O)c1sc(N2C(=O)C(=O)C(=C(O)c3ccc4c(c3)OCCO4)C2c2ccc(OCc3ccccc3)c(OCC)c2)nc1C. The van der Waals surface area contributed by atoms with Gasteiger partial charge in [-0.15, -0.1) is 0 Å². The number of carbonyl (C=O) groups is 3. The van der Waals surface area contributed by atoms with Crippen LogP contribution >= 0.6 is 11.3 Å². The van der Waals surface area contributed by atoms with E-state index in [1.165, 1.54) is 4.90 Å². The van der Waals surface area contributed by atoms with E-state index >= 15 is 0 Å². The van der Waals surface area contributed by atoms with E-state index in [2.05, 4.69) is 4.98 Å². The highest BCUT2D eigenvalue weighted by Gasteiger charge is 2.49. The minimum atomic E-state index is -1.13. The molecule has 47 heavy (non-hydrogen) atoms. The lowest BCUT2D eigenvalue weighted by molar-refractivity contribution is -0.132. The van der Waals surface area contributed by atoms with Gasteiger partial charge in [-0.3, -0.25) is 14.5 Å². The zero-order valence-corrected chi connectivity index (χ0v) is 26.8. The number of aliphatic hydroxyl groups excluding tert-OH is 1. The first-order valence-electron chi connectivity index (χ1n) is 15.1. The summed E-state index contributed by atoms with van der Waals surface area (Å²) in [5.74, 6) is -1.09.